The molecule has 122 valence electrons. The summed E-state index contributed by atoms with van der Waals surface area (Å²) in [6.07, 6.45) is 8.33. The molecule has 0 spiro atoms. The molecule has 1 aliphatic heterocycles. The van der Waals surface area contributed by atoms with Gasteiger partial charge in [0.05, 0.1) is 12.6 Å². The number of carbonyl (C=O) groups excluding carboxylic acids is 1. The van der Waals surface area contributed by atoms with Gasteiger partial charge in [0.25, 0.3) is 0 Å². The molecule has 2 bridgehead atoms. The molecule has 0 radical (unpaired) electrons. The van der Waals surface area contributed by atoms with Crippen LogP contribution in [0.25, 0.3) is 0 Å². The van der Waals surface area contributed by atoms with Crippen LogP contribution in [0.2, 0.25) is 0 Å². The van der Waals surface area contributed by atoms with Crippen molar-refractivity contribution in [2.24, 2.45) is 5.84 Å². The summed E-state index contributed by atoms with van der Waals surface area (Å²) in [5, 5.41) is 14.6. The molecular weight excluding hydrogens is 278 g/mol. The number of fused-ring (bicyclic) bond motifs is 3. The fourth-order valence-corrected chi connectivity index (χ4v) is 4.52. The fourth-order valence-electron chi connectivity index (χ4n) is 4.52. The molecule has 3 N–H and O–H groups in total. The van der Waals surface area contributed by atoms with Crippen LogP contribution >= 0.6 is 0 Å². The Morgan fingerprint density at radius 1 is 1.36 bits per heavy atom. The minimum absolute atomic E-state index is 0.0804. The lowest BCUT2D eigenvalue weighted by atomic mass is 9.61. The molecule has 3 saturated carbocycles. The van der Waals surface area contributed by atoms with Gasteiger partial charge in [0.15, 0.2) is 0 Å². The van der Waals surface area contributed by atoms with Crippen molar-refractivity contribution in [2.45, 2.75) is 68.5 Å². The first-order valence-corrected chi connectivity index (χ1v) is 8.43. The molecule has 1 amide bonds. The summed E-state index contributed by atoms with van der Waals surface area (Å²) in [5.41, 5.74) is 0.281. The standard InChI is InChI=1S/C16H27N5O/c1-20(18)16-7-4-15(5-8-16,6-9-16)19-12-14(22)21-10-2-3-13(21)11-17/h13,19H,2-10,12,18H2,1H3/t13-,15?,16?/m0/s1. The molecule has 0 unspecified atom stereocenters. The number of carbonyl (C=O) groups is 1. The molecular formula is C16H27N5O. The van der Waals surface area contributed by atoms with Gasteiger partial charge in [0.2, 0.25) is 5.91 Å². The number of rotatable bonds is 4. The summed E-state index contributed by atoms with van der Waals surface area (Å²) in [6, 6.07) is 2.02. The molecule has 0 aromatic carbocycles. The van der Waals surface area contributed by atoms with Crippen LogP contribution in [0, 0.1) is 11.3 Å². The fraction of sp³-hybridized carbons (Fsp3) is 0.875. The van der Waals surface area contributed by atoms with Gasteiger partial charge in [-0.1, -0.05) is 0 Å². The number of hydrogen-bond acceptors (Lipinski definition) is 5. The lowest BCUT2D eigenvalue weighted by molar-refractivity contribution is -0.131. The van der Waals surface area contributed by atoms with E-state index in [4.69, 9.17) is 11.1 Å². The number of nitrogens with two attached hydrogens (primary N) is 1. The number of likely N-dealkylation sites (tertiary alicyclic amines) is 1. The predicted octanol–water partition coefficient (Wildman–Crippen LogP) is 0.741. The molecule has 22 heavy (non-hydrogen) atoms. The van der Waals surface area contributed by atoms with Crippen molar-refractivity contribution >= 4 is 5.91 Å². The number of nitrogens with zero attached hydrogens (tertiary/aromatic N) is 3. The zero-order valence-electron chi connectivity index (χ0n) is 13.5. The van der Waals surface area contributed by atoms with Gasteiger partial charge in [0, 0.05) is 24.7 Å². The topological polar surface area (TPSA) is 85.4 Å². The van der Waals surface area contributed by atoms with Crippen LogP contribution in [-0.4, -0.2) is 53.1 Å². The lowest BCUT2D eigenvalue weighted by Crippen LogP contribution is -2.64. The Balaban J connectivity index is 1.55. The summed E-state index contributed by atoms with van der Waals surface area (Å²) >= 11 is 0. The van der Waals surface area contributed by atoms with E-state index in [1.165, 1.54) is 0 Å². The van der Waals surface area contributed by atoms with Crippen molar-refractivity contribution in [2.75, 3.05) is 20.1 Å². The second-order valence-corrected chi connectivity index (χ2v) is 7.34. The van der Waals surface area contributed by atoms with Gasteiger partial charge in [-0.25, -0.2) is 5.01 Å². The quantitative estimate of drug-likeness (QED) is 0.591. The number of hydrogen-bond donors (Lipinski definition) is 2. The monoisotopic (exact) mass is 305 g/mol. The third-order valence-corrected chi connectivity index (χ3v) is 6.29. The summed E-state index contributed by atoms with van der Waals surface area (Å²) < 4.78 is 0. The highest BCUT2D eigenvalue weighted by Gasteiger charge is 2.50. The van der Waals surface area contributed by atoms with E-state index in [1.54, 1.807) is 4.90 Å². The first-order valence-electron chi connectivity index (χ1n) is 8.43. The summed E-state index contributed by atoms with van der Waals surface area (Å²) in [7, 11) is 1.98. The molecule has 0 aromatic heterocycles. The molecule has 1 atom stereocenters. The van der Waals surface area contributed by atoms with E-state index < -0.39 is 0 Å². The molecule has 3 aliphatic carbocycles. The van der Waals surface area contributed by atoms with Crippen molar-refractivity contribution in [3.05, 3.63) is 0 Å². The molecule has 4 fully saturated rings. The summed E-state index contributed by atoms with van der Waals surface area (Å²) in [5.74, 6) is 6.12. The van der Waals surface area contributed by atoms with Gasteiger partial charge < -0.3 is 10.2 Å². The SMILES string of the molecule is CN(N)C12CCC(NCC(=O)N3CCC[C@H]3C#N)(CC1)CC2. The number of nitrogens with one attached hydrogen (secondary N) is 1. The Bertz CT molecular complexity index is 459. The Kier molecular flexibility index (Phi) is 4.15. The normalized spacial score (nSPS) is 37.5. The van der Waals surface area contributed by atoms with E-state index in [-0.39, 0.29) is 23.0 Å². The zero-order chi connectivity index (χ0) is 15.8. The average molecular weight is 305 g/mol. The Morgan fingerprint density at radius 3 is 2.55 bits per heavy atom. The second-order valence-electron chi connectivity index (χ2n) is 7.34. The van der Waals surface area contributed by atoms with E-state index in [2.05, 4.69) is 11.4 Å². The smallest absolute Gasteiger partial charge is 0.237 e. The minimum atomic E-state index is -0.219. The molecule has 4 rings (SSSR count). The number of amides is 1. The van der Waals surface area contributed by atoms with Crippen LogP contribution < -0.4 is 11.2 Å². The maximum absolute atomic E-state index is 12.4. The summed E-state index contributed by atoms with van der Waals surface area (Å²) in [6.45, 7) is 1.09. The van der Waals surface area contributed by atoms with Gasteiger partial charge in [-0.15, -0.1) is 0 Å². The zero-order valence-corrected chi connectivity index (χ0v) is 13.5. The van der Waals surface area contributed by atoms with Crippen LogP contribution in [0.15, 0.2) is 0 Å². The average Bonchev–Trinajstić information content (AvgIpc) is 3.03. The van der Waals surface area contributed by atoms with Gasteiger partial charge >= 0.3 is 0 Å². The number of nitriles is 1. The van der Waals surface area contributed by atoms with Crippen molar-refractivity contribution < 1.29 is 4.79 Å². The molecule has 6 nitrogen and oxygen atoms in total. The summed E-state index contributed by atoms with van der Waals surface area (Å²) in [4.78, 5) is 14.1. The lowest BCUT2D eigenvalue weighted by Gasteiger charge is -2.56. The van der Waals surface area contributed by atoms with E-state index in [9.17, 15) is 4.79 Å². The molecule has 1 saturated heterocycles. The van der Waals surface area contributed by atoms with Crippen molar-refractivity contribution in [1.82, 2.24) is 15.2 Å². The predicted molar refractivity (Wildman–Crippen MR) is 83.5 cm³/mol. The third kappa shape index (κ3) is 2.62. The van der Waals surface area contributed by atoms with E-state index in [0.29, 0.717) is 6.54 Å². The van der Waals surface area contributed by atoms with Gasteiger partial charge in [-0.3, -0.25) is 10.6 Å². The van der Waals surface area contributed by atoms with E-state index in [0.717, 1.165) is 57.9 Å². The van der Waals surface area contributed by atoms with Crippen LogP contribution in [0.3, 0.4) is 0 Å². The molecule has 6 heteroatoms. The Morgan fingerprint density at radius 2 is 2.00 bits per heavy atom. The van der Waals surface area contributed by atoms with E-state index >= 15 is 0 Å². The molecule has 4 aliphatic rings. The van der Waals surface area contributed by atoms with Crippen LogP contribution in [-0.2, 0) is 4.79 Å². The second kappa shape index (κ2) is 5.80. The maximum atomic E-state index is 12.4. The third-order valence-electron chi connectivity index (χ3n) is 6.29. The Labute approximate surface area is 132 Å². The van der Waals surface area contributed by atoms with Crippen molar-refractivity contribution in [1.29, 1.82) is 5.26 Å². The maximum Gasteiger partial charge on any atom is 0.237 e. The van der Waals surface area contributed by atoms with Gasteiger partial charge in [0.1, 0.15) is 6.04 Å². The van der Waals surface area contributed by atoms with Crippen LogP contribution in [0.5, 0.6) is 0 Å². The van der Waals surface area contributed by atoms with E-state index in [1.807, 2.05) is 12.1 Å². The highest BCUT2D eigenvalue weighted by molar-refractivity contribution is 5.79. The van der Waals surface area contributed by atoms with Gasteiger partial charge in [-0.2, -0.15) is 5.26 Å². The largest absolute Gasteiger partial charge is 0.326 e. The first kappa shape index (κ1) is 15.7. The first-order chi connectivity index (χ1) is 10.5. The van der Waals surface area contributed by atoms with Crippen molar-refractivity contribution in [3.8, 4) is 6.07 Å². The van der Waals surface area contributed by atoms with Crippen LogP contribution in [0.4, 0.5) is 0 Å². The highest BCUT2D eigenvalue weighted by Crippen LogP contribution is 2.48. The highest BCUT2D eigenvalue weighted by atomic mass is 16.2. The van der Waals surface area contributed by atoms with Gasteiger partial charge in [-0.05, 0) is 51.4 Å². The number of hydrazine groups is 1. The minimum Gasteiger partial charge on any atom is -0.326 e. The van der Waals surface area contributed by atoms with Crippen molar-refractivity contribution in [3.63, 3.8) is 0 Å². The molecule has 0 aromatic rings. The molecule has 1 heterocycles. The van der Waals surface area contributed by atoms with Crippen LogP contribution in [0.1, 0.15) is 51.4 Å². The Hall–Kier alpha value is -1.16.